The minimum atomic E-state index is -0.0217. The molecule has 0 spiro atoms. The van der Waals surface area contributed by atoms with E-state index in [0.717, 1.165) is 31.4 Å². The summed E-state index contributed by atoms with van der Waals surface area (Å²) in [6.45, 7) is 0. The van der Waals surface area contributed by atoms with Crippen molar-refractivity contribution < 1.29 is 4.79 Å². The van der Waals surface area contributed by atoms with Gasteiger partial charge in [-0.1, -0.05) is 25.3 Å². The predicted octanol–water partition coefficient (Wildman–Crippen LogP) is 2.89. The van der Waals surface area contributed by atoms with Gasteiger partial charge in [0.25, 0.3) is 0 Å². The topological polar surface area (TPSA) is 67.1 Å². The van der Waals surface area contributed by atoms with Crippen LogP contribution in [0, 0.1) is 0 Å². The number of aryl methyl sites for hydroxylation is 1. The maximum absolute atomic E-state index is 12.1. The third-order valence-corrected chi connectivity index (χ3v) is 4.49. The van der Waals surface area contributed by atoms with E-state index < -0.39 is 0 Å². The molecule has 1 atom stereocenters. The second-order valence-corrected chi connectivity index (χ2v) is 6.00. The number of nitrogen functional groups attached to an aromatic ring is 1. The van der Waals surface area contributed by atoms with Gasteiger partial charge in [-0.05, 0) is 48.9 Å². The molecule has 2 aliphatic rings. The third kappa shape index (κ3) is 2.89. The van der Waals surface area contributed by atoms with Gasteiger partial charge in [-0.2, -0.15) is 0 Å². The molecule has 108 valence electrons. The van der Waals surface area contributed by atoms with Crippen LogP contribution >= 0.6 is 0 Å². The average molecular weight is 273 g/mol. The van der Waals surface area contributed by atoms with Crippen molar-refractivity contribution in [2.45, 2.75) is 57.0 Å². The van der Waals surface area contributed by atoms with Crippen LogP contribution in [0.4, 0.5) is 10.5 Å². The Morgan fingerprint density at radius 2 is 1.90 bits per heavy atom. The summed E-state index contributed by atoms with van der Waals surface area (Å²) in [6, 6.07) is 6.45. The minimum Gasteiger partial charge on any atom is -0.399 e. The Hall–Kier alpha value is -1.71. The summed E-state index contributed by atoms with van der Waals surface area (Å²) in [6.07, 6.45) is 7.96. The summed E-state index contributed by atoms with van der Waals surface area (Å²) < 4.78 is 0. The Morgan fingerprint density at radius 3 is 2.70 bits per heavy atom. The zero-order chi connectivity index (χ0) is 13.9. The quantitative estimate of drug-likeness (QED) is 0.725. The second kappa shape index (κ2) is 5.73. The summed E-state index contributed by atoms with van der Waals surface area (Å²) in [5, 5.41) is 6.22. The molecule has 1 aromatic rings. The van der Waals surface area contributed by atoms with Crippen LogP contribution in [0.1, 0.15) is 55.7 Å². The van der Waals surface area contributed by atoms with Crippen LogP contribution in [-0.2, 0) is 6.42 Å². The van der Waals surface area contributed by atoms with Gasteiger partial charge < -0.3 is 16.4 Å². The molecule has 1 saturated carbocycles. The van der Waals surface area contributed by atoms with Crippen molar-refractivity contribution in [1.29, 1.82) is 0 Å². The van der Waals surface area contributed by atoms with E-state index in [1.54, 1.807) is 0 Å². The summed E-state index contributed by atoms with van der Waals surface area (Å²) >= 11 is 0. The second-order valence-electron chi connectivity index (χ2n) is 6.00. The first kappa shape index (κ1) is 13.3. The number of rotatable bonds is 2. The lowest BCUT2D eigenvalue weighted by atomic mass is 9.96. The van der Waals surface area contributed by atoms with Crippen LogP contribution in [0.3, 0.4) is 0 Å². The van der Waals surface area contributed by atoms with Crippen molar-refractivity contribution >= 4 is 11.7 Å². The van der Waals surface area contributed by atoms with E-state index >= 15 is 0 Å². The zero-order valence-corrected chi connectivity index (χ0v) is 11.8. The molecule has 0 bridgehead atoms. The zero-order valence-electron chi connectivity index (χ0n) is 11.8. The molecule has 0 aromatic heterocycles. The Kier molecular flexibility index (Phi) is 3.81. The maximum atomic E-state index is 12.1. The summed E-state index contributed by atoms with van der Waals surface area (Å²) in [7, 11) is 0. The van der Waals surface area contributed by atoms with Crippen molar-refractivity contribution in [3.05, 3.63) is 29.3 Å². The van der Waals surface area contributed by atoms with Crippen molar-refractivity contribution in [2.75, 3.05) is 5.73 Å². The molecule has 0 aliphatic heterocycles. The molecular weight excluding hydrogens is 250 g/mol. The highest BCUT2D eigenvalue weighted by molar-refractivity contribution is 5.75. The van der Waals surface area contributed by atoms with E-state index in [-0.39, 0.29) is 12.1 Å². The number of amides is 2. The molecule has 2 amide bonds. The lowest BCUT2D eigenvalue weighted by Gasteiger charge is -2.24. The molecule has 2 aliphatic carbocycles. The predicted molar refractivity (Wildman–Crippen MR) is 80.5 cm³/mol. The minimum absolute atomic E-state index is 0.0217. The highest BCUT2D eigenvalue weighted by Crippen LogP contribution is 2.32. The molecule has 1 fully saturated rings. The Balaban J connectivity index is 1.58. The van der Waals surface area contributed by atoms with Crippen LogP contribution in [0.25, 0.3) is 0 Å². The lowest BCUT2D eigenvalue weighted by Crippen LogP contribution is -2.43. The molecular formula is C16H23N3O. The van der Waals surface area contributed by atoms with Gasteiger partial charge in [-0.25, -0.2) is 4.79 Å². The van der Waals surface area contributed by atoms with Crippen LogP contribution in [0.5, 0.6) is 0 Å². The summed E-state index contributed by atoms with van der Waals surface area (Å²) in [5.74, 6) is 0. The number of carbonyl (C=O) groups excluding carboxylic acids is 1. The van der Waals surface area contributed by atoms with Gasteiger partial charge in [-0.15, -0.1) is 0 Å². The first-order valence-electron chi connectivity index (χ1n) is 7.68. The number of hydrogen-bond donors (Lipinski definition) is 3. The molecule has 4 nitrogen and oxygen atoms in total. The summed E-state index contributed by atoms with van der Waals surface area (Å²) in [4.78, 5) is 12.1. The number of carbonyl (C=O) groups is 1. The van der Waals surface area contributed by atoms with Gasteiger partial charge in [0.05, 0.1) is 6.04 Å². The number of hydrogen-bond acceptors (Lipinski definition) is 2. The molecule has 1 unspecified atom stereocenters. The first-order valence-corrected chi connectivity index (χ1v) is 7.68. The van der Waals surface area contributed by atoms with Gasteiger partial charge in [-0.3, -0.25) is 0 Å². The van der Waals surface area contributed by atoms with E-state index in [9.17, 15) is 4.79 Å². The van der Waals surface area contributed by atoms with Gasteiger partial charge in [0.1, 0.15) is 0 Å². The molecule has 4 heteroatoms. The number of nitrogens with one attached hydrogen (secondary N) is 2. The summed E-state index contributed by atoms with van der Waals surface area (Å²) in [5.41, 5.74) is 9.10. The van der Waals surface area contributed by atoms with Gasteiger partial charge in [0, 0.05) is 11.7 Å². The normalized spacial score (nSPS) is 22.3. The van der Waals surface area contributed by atoms with Crippen LogP contribution in [0.15, 0.2) is 18.2 Å². The Morgan fingerprint density at radius 1 is 1.10 bits per heavy atom. The fraction of sp³-hybridized carbons (Fsp3) is 0.562. The lowest BCUT2D eigenvalue weighted by molar-refractivity contribution is 0.229. The molecule has 3 rings (SSSR count). The number of urea groups is 1. The average Bonchev–Trinajstić information content (AvgIpc) is 2.82. The van der Waals surface area contributed by atoms with E-state index in [2.05, 4.69) is 10.6 Å². The monoisotopic (exact) mass is 273 g/mol. The number of benzene rings is 1. The van der Waals surface area contributed by atoms with Crippen LogP contribution in [-0.4, -0.2) is 12.1 Å². The van der Waals surface area contributed by atoms with E-state index in [1.165, 1.54) is 30.4 Å². The maximum Gasteiger partial charge on any atom is 0.315 e. The molecule has 1 aromatic carbocycles. The molecule has 0 heterocycles. The van der Waals surface area contributed by atoms with Gasteiger partial charge in [0.2, 0.25) is 0 Å². The highest BCUT2D eigenvalue weighted by atomic mass is 16.2. The molecule has 4 N–H and O–H groups in total. The SMILES string of the molecule is Nc1ccc2c(c1)CCC2NC(=O)NC1CCCCC1. The first-order chi connectivity index (χ1) is 9.72. The Labute approximate surface area is 120 Å². The van der Waals surface area contributed by atoms with E-state index in [4.69, 9.17) is 5.73 Å². The molecule has 0 saturated heterocycles. The van der Waals surface area contributed by atoms with E-state index in [1.807, 2.05) is 18.2 Å². The van der Waals surface area contributed by atoms with Gasteiger partial charge in [0.15, 0.2) is 0 Å². The number of anilines is 1. The third-order valence-electron chi connectivity index (χ3n) is 4.49. The Bertz CT molecular complexity index is 494. The highest BCUT2D eigenvalue weighted by Gasteiger charge is 2.25. The van der Waals surface area contributed by atoms with Crippen molar-refractivity contribution in [1.82, 2.24) is 10.6 Å². The molecule has 0 radical (unpaired) electrons. The fourth-order valence-corrected chi connectivity index (χ4v) is 3.42. The standard InChI is InChI=1S/C16H23N3O/c17-12-7-8-14-11(10-12)6-9-15(14)19-16(20)18-13-4-2-1-3-5-13/h7-8,10,13,15H,1-6,9,17H2,(H2,18,19,20). The van der Waals surface area contributed by atoms with Crippen molar-refractivity contribution in [3.8, 4) is 0 Å². The van der Waals surface area contributed by atoms with Crippen LogP contribution in [0.2, 0.25) is 0 Å². The number of fused-ring (bicyclic) bond motifs is 1. The largest absolute Gasteiger partial charge is 0.399 e. The smallest absolute Gasteiger partial charge is 0.315 e. The van der Waals surface area contributed by atoms with E-state index in [0.29, 0.717) is 6.04 Å². The molecule has 20 heavy (non-hydrogen) atoms. The number of nitrogens with two attached hydrogens (primary N) is 1. The van der Waals surface area contributed by atoms with Gasteiger partial charge >= 0.3 is 6.03 Å². The van der Waals surface area contributed by atoms with Crippen LogP contribution < -0.4 is 16.4 Å². The van der Waals surface area contributed by atoms with Crippen molar-refractivity contribution in [3.63, 3.8) is 0 Å². The fourth-order valence-electron chi connectivity index (χ4n) is 3.42. The van der Waals surface area contributed by atoms with Crippen molar-refractivity contribution in [2.24, 2.45) is 0 Å².